The molecule has 0 saturated carbocycles. The highest BCUT2D eigenvalue weighted by Crippen LogP contribution is 2.34. The number of benzene rings is 3. The van der Waals surface area contributed by atoms with E-state index in [2.05, 4.69) is 20.7 Å². The van der Waals surface area contributed by atoms with Crippen molar-refractivity contribution in [2.75, 3.05) is 22.4 Å². The van der Waals surface area contributed by atoms with Crippen molar-refractivity contribution in [3.8, 4) is 5.75 Å². The van der Waals surface area contributed by atoms with Crippen LogP contribution in [0, 0.1) is 10.1 Å². The zero-order valence-electron chi connectivity index (χ0n) is 17.9. The number of aromatic nitrogens is 2. The molecule has 0 fully saturated rings. The Balaban J connectivity index is 1.69. The minimum Gasteiger partial charge on any atom is -0.494 e. The van der Waals surface area contributed by atoms with Crippen molar-refractivity contribution in [3.63, 3.8) is 0 Å². The van der Waals surface area contributed by atoms with Crippen LogP contribution in [0.15, 0.2) is 91.3 Å². The molecule has 2 N–H and O–H groups in total. The first-order chi connectivity index (χ1) is 16.2. The largest absolute Gasteiger partial charge is 0.494 e. The van der Waals surface area contributed by atoms with Gasteiger partial charge in [-0.2, -0.15) is 0 Å². The van der Waals surface area contributed by atoms with E-state index in [1.165, 1.54) is 6.33 Å². The molecular weight excluding hydrogens is 420 g/mol. The summed E-state index contributed by atoms with van der Waals surface area (Å²) in [7, 11) is 0. The van der Waals surface area contributed by atoms with Crippen molar-refractivity contribution in [2.45, 2.75) is 6.92 Å². The number of anilines is 5. The average Bonchev–Trinajstić information content (AvgIpc) is 2.85. The molecule has 166 valence electrons. The lowest BCUT2D eigenvalue weighted by atomic mass is 10.2. The van der Waals surface area contributed by atoms with Gasteiger partial charge in [0.15, 0.2) is 0 Å². The predicted molar refractivity (Wildman–Crippen MR) is 128 cm³/mol. The van der Waals surface area contributed by atoms with Crippen LogP contribution >= 0.6 is 0 Å². The lowest BCUT2D eigenvalue weighted by Gasteiger charge is -2.26. The molecule has 9 heteroatoms. The van der Waals surface area contributed by atoms with Gasteiger partial charge in [-0.1, -0.05) is 36.4 Å². The Labute approximate surface area is 190 Å². The molecule has 1 aromatic heterocycles. The number of rotatable bonds is 9. The van der Waals surface area contributed by atoms with Gasteiger partial charge in [0.25, 0.3) is 0 Å². The summed E-state index contributed by atoms with van der Waals surface area (Å²) in [6.07, 6.45) is 1.28. The predicted octanol–water partition coefficient (Wildman–Crippen LogP) is 5.69. The molecule has 3 aromatic carbocycles. The van der Waals surface area contributed by atoms with E-state index in [0.717, 1.165) is 11.4 Å². The third-order valence-electron chi connectivity index (χ3n) is 4.68. The SMILES string of the molecule is CCOc1ccc(Nc2ncnc(NN(c3ccccc3)c3ccccc3)c2[N+](=O)[O-])cc1. The summed E-state index contributed by atoms with van der Waals surface area (Å²) in [5, 5.41) is 16.8. The van der Waals surface area contributed by atoms with E-state index in [-0.39, 0.29) is 17.3 Å². The van der Waals surface area contributed by atoms with Crippen molar-refractivity contribution < 1.29 is 9.66 Å². The Morgan fingerprint density at radius 3 is 2.00 bits per heavy atom. The summed E-state index contributed by atoms with van der Waals surface area (Å²) in [6.45, 7) is 2.46. The summed E-state index contributed by atoms with van der Waals surface area (Å²) < 4.78 is 5.44. The molecule has 0 aliphatic heterocycles. The number of hydrogen-bond acceptors (Lipinski definition) is 8. The zero-order chi connectivity index (χ0) is 23.0. The third-order valence-corrected chi connectivity index (χ3v) is 4.68. The van der Waals surface area contributed by atoms with E-state index >= 15 is 0 Å². The standard InChI is InChI=1S/C24H22N6O3/c1-2-33-21-15-13-18(14-16-21)27-23-22(30(31)32)24(26-17-25-23)28-29(19-9-5-3-6-10-19)20-11-7-4-8-12-20/h3-17H,2H2,1H3,(H2,25,26,27,28). The topological polar surface area (TPSA) is 105 Å². The molecule has 0 saturated heterocycles. The zero-order valence-corrected chi connectivity index (χ0v) is 17.9. The van der Waals surface area contributed by atoms with Crippen LogP contribution in [-0.2, 0) is 0 Å². The van der Waals surface area contributed by atoms with E-state index in [4.69, 9.17) is 4.74 Å². The van der Waals surface area contributed by atoms with Crippen molar-refractivity contribution >= 4 is 34.4 Å². The first kappa shape index (κ1) is 21.6. The van der Waals surface area contributed by atoms with E-state index < -0.39 is 4.92 Å². The number of hydrogen-bond donors (Lipinski definition) is 2. The number of hydrazine groups is 1. The molecule has 0 bridgehead atoms. The molecule has 0 radical (unpaired) electrons. The van der Waals surface area contributed by atoms with Crippen LogP contribution in [0.4, 0.5) is 34.4 Å². The van der Waals surface area contributed by atoms with Gasteiger partial charge in [0.2, 0.25) is 11.6 Å². The maximum absolute atomic E-state index is 12.0. The Bertz CT molecular complexity index is 1160. The number of nitrogens with zero attached hydrogens (tertiary/aromatic N) is 4. The Morgan fingerprint density at radius 2 is 1.45 bits per heavy atom. The molecule has 33 heavy (non-hydrogen) atoms. The minimum absolute atomic E-state index is 0.0520. The Kier molecular flexibility index (Phi) is 6.60. The molecule has 0 atom stereocenters. The third kappa shape index (κ3) is 5.16. The molecular formula is C24H22N6O3. The molecule has 0 aliphatic rings. The first-order valence-electron chi connectivity index (χ1n) is 10.3. The molecule has 4 aromatic rings. The molecule has 1 heterocycles. The number of para-hydroxylation sites is 2. The smallest absolute Gasteiger partial charge is 0.355 e. The molecule has 0 unspecified atom stereocenters. The summed E-state index contributed by atoms with van der Waals surface area (Å²) >= 11 is 0. The van der Waals surface area contributed by atoms with Gasteiger partial charge in [0, 0.05) is 5.69 Å². The van der Waals surface area contributed by atoms with Crippen LogP contribution in [0.1, 0.15) is 6.92 Å². The van der Waals surface area contributed by atoms with Gasteiger partial charge in [0.05, 0.1) is 22.9 Å². The Hall–Kier alpha value is -4.66. The van der Waals surface area contributed by atoms with E-state index in [1.807, 2.05) is 67.6 Å². The second kappa shape index (κ2) is 10.1. The van der Waals surface area contributed by atoms with Gasteiger partial charge >= 0.3 is 5.69 Å². The molecule has 0 spiro atoms. The minimum atomic E-state index is -0.507. The van der Waals surface area contributed by atoms with Gasteiger partial charge in [-0.15, -0.1) is 0 Å². The fourth-order valence-electron chi connectivity index (χ4n) is 3.20. The van der Waals surface area contributed by atoms with Gasteiger partial charge in [-0.25, -0.2) is 9.97 Å². The lowest BCUT2D eigenvalue weighted by Crippen LogP contribution is -2.26. The van der Waals surface area contributed by atoms with Crippen LogP contribution in [0.5, 0.6) is 5.75 Å². The van der Waals surface area contributed by atoms with Crippen LogP contribution in [0.3, 0.4) is 0 Å². The van der Waals surface area contributed by atoms with E-state index in [0.29, 0.717) is 18.0 Å². The number of ether oxygens (including phenoxy) is 1. The molecule has 9 nitrogen and oxygen atoms in total. The van der Waals surface area contributed by atoms with Crippen LogP contribution in [-0.4, -0.2) is 21.5 Å². The summed E-state index contributed by atoms with van der Waals surface area (Å²) in [4.78, 5) is 19.8. The highest BCUT2D eigenvalue weighted by atomic mass is 16.6. The Morgan fingerprint density at radius 1 is 0.879 bits per heavy atom. The van der Waals surface area contributed by atoms with E-state index in [9.17, 15) is 10.1 Å². The van der Waals surface area contributed by atoms with E-state index in [1.54, 1.807) is 29.3 Å². The summed E-state index contributed by atoms with van der Waals surface area (Å²) in [5.41, 5.74) is 5.03. The normalized spacial score (nSPS) is 10.3. The summed E-state index contributed by atoms with van der Waals surface area (Å²) in [5.74, 6) is 0.836. The van der Waals surface area contributed by atoms with Crippen LogP contribution < -0.4 is 20.5 Å². The molecule has 4 rings (SSSR count). The second-order valence-corrected chi connectivity index (χ2v) is 6.88. The summed E-state index contributed by atoms with van der Waals surface area (Å²) in [6, 6.07) is 26.0. The second-order valence-electron chi connectivity index (χ2n) is 6.88. The maximum Gasteiger partial charge on any atom is 0.355 e. The van der Waals surface area contributed by atoms with Gasteiger partial charge < -0.3 is 10.1 Å². The molecule has 0 aliphatic carbocycles. The van der Waals surface area contributed by atoms with Crippen molar-refractivity contribution in [1.29, 1.82) is 0 Å². The number of nitro groups is 1. The highest BCUT2D eigenvalue weighted by molar-refractivity contribution is 5.77. The first-order valence-corrected chi connectivity index (χ1v) is 10.3. The lowest BCUT2D eigenvalue weighted by molar-refractivity contribution is -0.383. The van der Waals surface area contributed by atoms with Gasteiger partial charge in [-0.3, -0.25) is 20.5 Å². The van der Waals surface area contributed by atoms with Crippen molar-refractivity contribution in [2.24, 2.45) is 0 Å². The fourth-order valence-corrected chi connectivity index (χ4v) is 3.20. The monoisotopic (exact) mass is 442 g/mol. The number of nitrogens with one attached hydrogen (secondary N) is 2. The molecule has 0 amide bonds. The van der Waals surface area contributed by atoms with Crippen LogP contribution in [0.25, 0.3) is 0 Å². The average molecular weight is 442 g/mol. The maximum atomic E-state index is 12.0. The van der Waals surface area contributed by atoms with Gasteiger partial charge in [0.1, 0.15) is 12.1 Å². The van der Waals surface area contributed by atoms with Crippen LogP contribution in [0.2, 0.25) is 0 Å². The fraction of sp³-hybridized carbons (Fsp3) is 0.0833. The highest BCUT2D eigenvalue weighted by Gasteiger charge is 2.25. The van der Waals surface area contributed by atoms with Crippen molar-refractivity contribution in [1.82, 2.24) is 9.97 Å². The van der Waals surface area contributed by atoms with Gasteiger partial charge in [-0.05, 0) is 55.5 Å². The van der Waals surface area contributed by atoms with Crippen molar-refractivity contribution in [3.05, 3.63) is 101 Å². The quantitative estimate of drug-likeness (QED) is 0.251.